The third kappa shape index (κ3) is 2.14. The van der Waals surface area contributed by atoms with Gasteiger partial charge >= 0.3 is 0 Å². The number of ether oxygens (including phenoxy) is 1. The quantitative estimate of drug-likeness (QED) is 0.583. The molecule has 6 heteroatoms. The maximum Gasteiger partial charge on any atom is 0.183 e. The van der Waals surface area contributed by atoms with E-state index in [1.54, 1.807) is 16.6 Å². The Morgan fingerprint density at radius 3 is 2.86 bits per heavy atom. The zero-order valence-electron chi connectivity index (χ0n) is 11.5. The van der Waals surface area contributed by atoms with E-state index in [4.69, 9.17) is 4.74 Å². The van der Waals surface area contributed by atoms with Crippen molar-refractivity contribution in [1.82, 2.24) is 20.0 Å². The van der Waals surface area contributed by atoms with Crippen molar-refractivity contribution in [2.45, 2.75) is 6.61 Å². The SMILES string of the molecule is Fc1cccc(COc2cc3nnnn3c3ccccc23)c1. The van der Waals surface area contributed by atoms with Crippen LogP contribution in [0.25, 0.3) is 16.6 Å². The summed E-state index contributed by atoms with van der Waals surface area (Å²) in [6, 6.07) is 15.8. The first-order chi connectivity index (χ1) is 10.8. The minimum Gasteiger partial charge on any atom is -0.488 e. The van der Waals surface area contributed by atoms with Crippen molar-refractivity contribution in [3.8, 4) is 5.75 Å². The Labute approximate surface area is 124 Å². The summed E-state index contributed by atoms with van der Waals surface area (Å²) in [5.74, 6) is 0.394. The molecule has 22 heavy (non-hydrogen) atoms. The molecular weight excluding hydrogens is 283 g/mol. The second-order valence-electron chi connectivity index (χ2n) is 4.89. The molecule has 4 aromatic rings. The van der Waals surface area contributed by atoms with Gasteiger partial charge in [-0.15, -0.1) is 5.10 Å². The van der Waals surface area contributed by atoms with Gasteiger partial charge in [-0.1, -0.05) is 24.3 Å². The monoisotopic (exact) mass is 294 g/mol. The first-order valence-electron chi connectivity index (χ1n) is 6.78. The van der Waals surface area contributed by atoms with Gasteiger partial charge in [0, 0.05) is 11.5 Å². The third-order valence-corrected chi connectivity index (χ3v) is 3.43. The van der Waals surface area contributed by atoms with E-state index in [1.807, 2.05) is 30.3 Å². The van der Waals surface area contributed by atoms with Crippen molar-refractivity contribution in [2.75, 3.05) is 0 Å². The van der Waals surface area contributed by atoms with Gasteiger partial charge in [0.2, 0.25) is 0 Å². The Kier molecular flexibility index (Phi) is 2.93. The molecule has 0 aliphatic heterocycles. The first kappa shape index (κ1) is 12.7. The smallest absolute Gasteiger partial charge is 0.183 e. The van der Waals surface area contributed by atoms with Gasteiger partial charge in [0.1, 0.15) is 18.2 Å². The number of pyridine rings is 1. The summed E-state index contributed by atoms with van der Waals surface area (Å²) in [7, 11) is 0. The van der Waals surface area contributed by atoms with Crippen LogP contribution in [0.4, 0.5) is 4.39 Å². The maximum absolute atomic E-state index is 13.2. The van der Waals surface area contributed by atoms with Crippen LogP contribution in [0.15, 0.2) is 54.6 Å². The normalized spacial score (nSPS) is 11.1. The van der Waals surface area contributed by atoms with Crippen molar-refractivity contribution in [3.63, 3.8) is 0 Å². The Hall–Kier alpha value is -3.02. The lowest BCUT2D eigenvalue weighted by Crippen LogP contribution is -1.99. The Balaban J connectivity index is 1.76. The lowest BCUT2D eigenvalue weighted by molar-refractivity contribution is 0.309. The van der Waals surface area contributed by atoms with Gasteiger partial charge in [0.25, 0.3) is 0 Å². The second-order valence-corrected chi connectivity index (χ2v) is 4.89. The molecule has 0 aliphatic rings. The van der Waals surface area contributed by atoms with Crippen molar-refractivity contribution in [3.05, 3.63) is 66.0 Å². The summed E-state index contributed by atoms with van der Waals surface area (Å²) >= 11 is 0. The van der Waals surface area contributed by atoms with E-state index in [0.29, 0.717) is 11.4 Å². The third-order valence-electron chi connectivity index (χ3n) is 3.43. The fraction of sp³-hybridized carbons (Fsp3) is 0.0625. The summed E-state index contributed by atoms with van der Waals surface area (Å²) in [6.45, 7) is 0.277. The van der Waals surface area contributed by atoms with Crippen molar-refractivity contribution in [2.24, 2.45) is 0 Å². The van der Waals surface area contributed by atoms with Gasteiger partial charge in [-0.05, 0) is 40.3 Å². The molecule has 2 aromatic carbocycles. The van der Waals surface area contributed by atoms with Crippen LogP contribution in [-0.2, 0) is 6.61 Å². The standard InChI is InChI=1S/C16H11FN4O/c17-12-5-3-4-11(8-12)10-22-15-9-16-18-19-20-21(16)14-7-2-1-6-13(14)15/h1-9H,10H2. The molecule has 4 rings (SSSR count). The van der Waals surface area contributed by atoms with E-state index >= 15 is 0 Å². The van der Waals surface area contributed by atoms with E-state index in [9.17, 15) is 4.39 Å². The number of tetrazole rings is 1. The van der Waals surface area contributed by atoms with E-state index in [-0.39, 0.29) is 12.4 Å². The average Bonchev–Trinajstić information content (AvgIpc) is 3.01. The maximum atomic E-state index is 13.2. The highest BCUT2D eigenvalue weighted by Gasteiger charge is 2.09. The number of hydrogen-bond acceptors (Lipinski definition) is 4. The van der Waals surface area contributed by atoms with Crippen LogP contribution in [0.3, 0.4) is 0 Å². The molecule has 5 nitrogen and oxygen atoms in total. The molecule has 0 fully saturated rings. The van der Waals surface area contributed by atoms with Crippen LogP contribution in [0.2, 0.25) is 0 Å². The predicted octanol–water partition coefficient (Wildman–Crippen LogP) is 3.00. The van der Waals surface area contributed by atoms with E-state index in [1.165, 1.54) is 12.1 Å². The molecule has 0 saturated carbocycles. The molecule has 108 valence electrons. The van der Waals surface area contributed by atoms with Crippen LogP contribution in [0, 0.1) is 5.82 Å². The molecule has 0 spiro atoms. The predicted molar refractivity (Wildman–Crippen MR) is 79.0 cm³/mol. The fourth-order valence-electron chi connectivity index (χ4n) is 2.42. The zero-order valence-corrected chi connectivity index (χ0v) is 11.5. The fourth-order valence-corrected chi connectivity index (χ4v) is 2.42. The highest BCUT2D eigenvalue weighted by atomic mass is 19.1. The summed E-state index contributed by atoms with van der Waals surface area (Å²) < 4.78 is 20.7. The van der Waals surface area contributed by atoms with Gasteiger partial charge in [0.05, 0.1) is 5.52 Å². The van der Waals surface area contributed by atoms with Crippen LogP contribution in [0.5, 0.6) is 5.75 Å². The average molecular weight is 294 g/mol. The molecule has 0 amide bonds. The lowest BCUT2D eigenvalue weighted by atomic mass is 10.2. The number of aromatic nitrogens is 4. The summed E-state index contributed by atoms with van der Waals surface area (Å²) in [5, 5.41) is 12.5. The molecule has 0 bridgehead atoms. The summed E-state index contributed by atoms with van der Waals surface area (Å²) in [5.41, 5.74) is 2.23. The van der Waals surface area contributed by atoms with Gasteiger partial charge in [0.15, 0.2) is 5.65 Å². The highest BCUT2D eigenvalue weighted by Crippen LogP contribution is 2.27. The minimum atomic E-state index is -0.275. The number of benzene rings is 2. The number of fused-ring (bicyclic) bond motifs is 3. The topological polar surface area (TPSA) is 52.3 Å². The Morgan fingerprint density at radius 2 is 1.95 bits per heavy atom. The second kappa shape index (κ2) is 5.07. The summed E-state index contributed by atoms with van der Waals surface area (Å²) in [4.78, 5) is 0. The molecule has 0 atom stereocenters. The van der Waals surface area contributed by atoms with Gasteiger partial charge in [-0.2, -0.15) is 4.52 Å². The van der Waals surface area contributed by atoms with Crippen LogP contribution < -0.4 is 4.74 Å². The molecule has 0 aliphatic carbocycles. The van der Waals surface area contributed by atoms with E-state index in [0.717, 1.165) is 16.5 Å². The molecule has 0 radical (unpaired) electrons. The number of halogens is 1. The van der Waals surface area contributed by atoms with Crippen molar-refractivity contribution in [1.29, 1.82) is 0 Å². The first-order valence-corrected chi connectivity index (χ1v) is 6.78. The Bertz CT molecular complexity index is 967. The molecule has 2 heterocycles. The number of para-hydroxylation sites is 1. The van der Waals surface area contributed by atoms with Gasteiger partial charge < -0.3 is 4.74 Å². The summed E-state index contributed by atoms with van der Waals surface area (Å²) in [6.07, 6.45) is 0. The Morgan fingerprint density at radius 1 is 1.05 bits per heavy atom. The van der Waals surface area contributed by atoms with E-state index in [2.05, 4.69) is 15.5 Å². The zero-order chi connectivity index (χ0) is 14.9. The molecule has 0 N–H and O–H groups in total. The van der Waals surface area contributed by atoms with Crippen LogP contribution in [-0.4, -0.2) is 20.0 Å². The van der Waals surface area contributed by atoms with Gasteiger partial charge in [-0.3, -0.25) is 0 Å². The molecule has 2 aromatic heterocycles. The lowest BCUT2D eigenvalue weighted by Gasteiger charge is -2.10. The molecule has 0 saturated heterocycles. The number of rotatable bonds is 3. The molecule has 0 unspecified atom stereocenters. The van der Waals surface area contributed by atoms with Crippen LogP contribution in [0.1, 0.15) is 5.56 Å². The van der Waals surface area contributed by atoms with Crippen LogP contribution >= 0.6 is 0 Å². The van der Waals surface area contributed by atoms with Crippen molar-refractivity contribution < 1.29 is 9.13 Å². The number of nitrogens with zero attached hydrogens (tertiary/aromatic N) is 4. The molecular formula is C16H11FN4O. The highest BCUT2D eigenvalue weighted by molar-refractivity contribution is 5.87. The minimum absolute atomic E-state index is 0.275. The van der Waals surface area contributed by atoms with Gasteiger partial charge in [-0.25, -0.2) is 4.39 Å². The largest absolute Gasteiger partial charge is 0.488 e. The van der Waals surface area contributed by atoms with Crippen molar-refractivity contribution >= 4 is 16.6 Å². The van der Waals surface area contributed by atoms with E-state index < -0.39 is 0 Å². The number of hydrogen-bond donors (Lipinski definition) is 0.